The molecular formula is C11H23N3O. The van der Waals surface area contributed by atoms with Crippen LogP contribution in [0.3, 0.4) is 0 Å². The first-order valence-corrected chi connectivity index (χ1v) is 5.88. The minimum absolute atomic E-state index is 0.121. The fraction of sp³-hybridized carbons (Fsp3) is 0.909. The molecule has 0 aromatic carbocycles. The zero-order valence-corrected chi connectivity index (χ0v) is 9.88. The molecule has 0 bridgehead atoms. The lowest BCUT2D eigenvalue weighted by Gasteiger charge is -2.28. The van der Waals surface area contributed by atoms with Gasteiger partial charge in [0.1, 0.15) is 0 Å². The van der Waals surface area contributed by atoms with Crippen LogP contribution in [0.5, 0.6) is 0 Å². The quantitative estimate of drug-likeness (QED) is 0.678. The third-order valence-electron chi connectivity index (χ3n) is 2.96. The van der Waals surface area contributed by atoms with E-state index in [2.05, 4.69) is 22.6 Å². The Hall–Kier alpha value is -0.610. The van der Waals surface area contributed by atoms with E-state index >= 15 is 0 Å². The summed E-state index contributed by atoms with van der Waals surface area (Å²) in [6.45, 7) is 6.47. The Balaban J connectivity index is 2.06. The molecule has 1 fully saturated rings. The zero-order chi connectivity index (χ0) is 11.1. The SMILES string of the molecule is CCNCC(=O)NCC1CCN(C)CC1. The Morgan fingerprint density at radius 2 is 2.07 bits per heavy atom. The van der Waals surface area contributed by atoms with Crippen LogP contribution >= 0.6 is 0 Å². The summed E-state index contributed by atoms with van der Waals surface area (Å²) in [6, 6.07) is 0. The maximum Gasteiger partial charge on any atom is 0.233 e. The Morgan fingerprint density at radius 1 is 1.40 bits per heavy atom. The van der Waals surface area contributed by atoms with Crippen molar-refractivity contribution in [2.75, 3.05) is 39.8 Å². The number of hydrogen-bond donors (Lipinski definition) is 2. The molecule has 0 aromatic rings. The molecule has 15 heavy (non-hydrogen) atoms. The van der Waals surface area contributed by atoms with Gasteiger partial charge in [-0.15, -0.1) is 0 Å². The van der Waals surface area contributed by atoms with E-state index in [9.17, 15) is 4.79 Å². The molecule has 0 radical (unpaired) electrons. The highest BCUT2D eigenvalue weighted by Crippen LogP contribution is 2.14. The molecule has 1 amide bonds. The molecule has 1 heterocycles. The van der Waals surface area contributed by atoms with Crippen LogP contribution in [0.25, 0.3) is 0 Å². The molecule has 0 spiro atoms. The van der Waals surface area contributed by atoms with Crippen LogP contribution in [0.4, 0.5) is 0 Å². The normalized spacial score (nSPS) is 19.1. The first kappa shape index (κ1) is 12.5. The lowest BCUT2D eigenvalue weighted by Crippen LogP contribution is -2.39. The molecule has 0 unspecified atom stereocenters. The highest BCUT2D eigenvalue weighted by molar-refractivity contribution is 5.77. The van der Waals surface area contributed by atoms with E-state index in [-0.39, 0.29) is 5.91 Å². The van der Waals surface area contributed by atoms with E-state index < -0.39 is 0 Å². The van der Waals surface area contributed by atoms with Crippen LogP contribution in [0.2, 0.25) is 0 Å². The number of piperidine rings is 1. The average molecular weight is 213 g/mol. The fourth-order valence-corrected chi connectivity index (χ4v) is 1.83. The Labute approximate surface area is 92.4 Å². The lowest BCUT2D eigenvalue weighted by molar-refractivity contribution is -0.120. The predicted octanol–water partition coefficient (Wildman–Crippen LogP) is 0.0539. The highest BCUT2D eigenvalue weighted by atomic mass is 16.1. The molecule has 4 heteroatoms. The smallest absolute Gasteiger partial charge is 0.233 e. The number of hydrogen-bond acceptors (Lipinski definition) is 3. The van der Waals surface area contributed by atoms with Crippen molar-refractivity contribution >= 4 is 5.91 Å². The van der Waals surface area contributed by atoms with Gasteiger partial charge in [-0.2, -0.15) is 0 Å². The Morgan fingerprint density at radius 3 is 2.67 bits per heavy atom. The molecule has 0 atom stereocenters. The van der Waals surface area contributed by atoms with E-state index in [1.165, 1.54) is 12.8 Å². The minimum atomic E-state index is 0.121. The predicted molar refractivity (Wildman–Crippen MR) is 61.8 cm³/mol. The van der Waals surface area contributed by atoms with Crippen molar-refractivity contribution in [1.82, 2.24) is 15.5 Å². The van der Waals surface area contributed by atoms with Crippen LogP contribution in [0.15, 0.2) is 0 Å². The second-order valence-corrected chi connectivity index (χ2v) is 4.33. The topological polar surface area (TPSA) is 44.4 Å². The molecule has 1 aliphatic heterocycles. The minimum Gasteiger partial charge on any atom is -0.355 e. The number of nitrogens with one attached hydrogen (secondary N) is 2. The number of rotatable bonds is 5. The number of carbonyl (C=O) groups excluding carboxylic acids is 1. The summed E-state index contributed by atoms with van der Waals surface area (Å²) in [5.74, 6) is 0.794. The standard InChI is InChI=1S/C11H23N3O/c1-3-12-9-11(15)13-8-10-4-6-14(2)7-5-10/h10,12H,3-9H2,1-2H3,(H,13,15). The van der Waals surface area contributed by atoms with Gasteiger partial charge in [-0.05, 0) is 45.4 Å². The van der Waals surface area contributed by atoms with Crippen molar-refractivity contribution in [1.29, 1.82) is 0 Å². The largest absolute Gasteiger partial charge is 0.355 e. The van der Waals surface area contributed by atoms with Gasteiger partial charge in [0, 0.05) is 6.54 Å². The third-order valence-corrected chi connectivity index (χ3v) is 2.96. The molecule has 1 rings (SSSR count). The van der Waals surface area contributed by atoms with Crippen molar-refractivity contribution in [3.05, 3.63) is 0 Å². The maximum atomic E-state index is 11.3. The highest BCUT2D eigenvalue weighted by Gasteiger charge is 2.16. The summed E-state index contributed by atoms with van der Waals surface area (Å²) >= 11 is 0. The summed E-state index contributed by atoms with van der Waals surface area (Å²) in [4.78, 5) is 13.7. The van der Waals surface area contributed by atoms with Gasteiger partial charge >= 0.3 is 0 Å². The van der Waals surface area contributed by atoms with Gasteiger partial charge in [-0.3, -0.25) is 4.79 Å². The molecule has 0 aliphatic carbocycles. The summed E-state index contributed by atoms with van der Waals surface area (Å²) in [7, 11) is 2.15. The number of nitrogens with zero attached hydrogens (tertiary/aromatic N) is 1. The van der Waals surface area contributed by atoms with Crippen LogP contribution in [0, 0.1) is 5.92 Å². The molecule has 1 saturated heterocycles. The molecule has 4 nitrogen and oxygen atoms in total. The average Bonchev–Trinajstić information content (AvgIpc) is 2.25. The summed E-state index contributed by atoms with van der Waals surface area (Å²) < 4.78 is 0. The van der Waals surface area contributed by atoms with E-state index in [0.29, 0.717) is 12.5 Å². The number of amides is 1. The van der Waals surface area contributed by atoms with Crippen LogP contribution < -0.4 is 10.6 Å². The van der Waals surface area contributed by atoms with Crippen molar-refractivity contribution in [3.8, 4) is 0 Å². The van der Waals surface area contributed by atoms with Gasteiger partial charge in [-0.1, -0.05) is 6.92 Å². The van der Waals surface area contributed by atoms with Crippen molar-refractivity contribution in [3.63, 3.8) is 0 Å². The molecule has 88 valence electrons. The first-order valence-electron chi connectivity index (χ1n) is 5.88. The maximum absolute atomic E-state index is 11.3. The number of carbonyl (C=O) groups is 1. The van der Waals surface area contributed by atoms with E-state index in [4.69, 9.17) is 0 Å². The second-order valence-electron chi connectivity index (χ2n) is 4.33. The second kappa shape index (κ2) is 6.80. The van der Waals surface area contributed by atoms with Crippen molar-refractivity contribution in [2.45, 2.75) is 19.8 Å². The Bertz CT molecular complexity index is 188. The van der Waals surface area contributed by atoms with Gasteiger partial charge in [-0.25, -0.2) is 0 Å². The Kier molecular flexibility index (Phi) is 5.65. The van der Waals surface area contributed by atoms with E-state index in [0.717, 1.165) is 26.2 Å². The summed E-state index contributed by atoms with van der Waals surface area (Å²) in [5.41, 5.74) is 0. The molecule has 1 aliphatic rings. The first-order chi connectivity index (χ1) is 7.22. The van der Waals surface area contributed by atoms with E-state index in [1.807, 2.05) is 6.92 Å². The summed E-state index contributed by atoms with van der Waals surface area (Å²) in [5, 5.41) is 6.00. The monoisotopic (exact) mass is 213 g/mol. The van der Waals surface area contributed by atoms with Crippen LogP contribution in [-0.4, -0.2) is 50.6 Å². The summed E-state index contributed by atoms with van der Waals surface area (Å²) in [6.07, 6.45) is 2.41. The van der Waals surface area contributed by atoms with Gasteiger partial charge in [0.2, 0.25) is 5.91 Å². The van der Waals surface area contributed by atoms with Crippen LogP contribution in [-0.2, 0) is 4.79 Å². The molecule has 0 saturated carbocycles. The molecule has 0 aromatic heterocycles. The fourth-order valence-electron chi connectivity index (χ4n) is 1.83. The zero-order valence-electron chi connectivity index (χ0n) is 9.88. The van der Waals surface area contributed by atoms with Crippen LogP contribution in [0.1, 0.15) is 19.8 Å². The van der Waals surface area contributed by atoms with Gasteiger partial charge < -0.3 is 15.5 Å². The van der Waals surface area contributed by atoms with Gasteiger partial charge in [0.05, 0.1) is 6.54 Å². The molecule has 2 N–H and O–H groups in total. The van der Waals surface area contributed by atoms with Crippen molar-refractivity contribution in [2.24, 2.45) is 5.92 Å². The number of likely N-dealkylation sites (tertiary alicyclic amines) is 1. The van der Waals surface area contributed by atoms with Gasteiger partial charge in [0.15, 0.2) is 0 Å². The lowest BCUT2D eigenvalue weighted by atomic mass is 9.97. The van der Waals surface area contributed by atoms with E-state index in [1.54, 1.807) is 0 Å². The van der Waals surface area contributed by atoms with Crippen molar-refractivity contribution < 1.29 is 4.79 Å². The third kappa shape index (κ3) is 5.14. The number of likely N-dealkylation sites (N-methyl/N-ethyl adjacent to an activating group) is 1. The van der Waals surface area contributed by atoms with Gasteiger partial charge in [0.25, 0.3) is 0 Å². The molecular weight excluding hydrogens is 190 g/mol.